The second-order valence-corrected chi connectivity index (χ2v) is 7.36. The Morgan fingerprint density at radius 2 is 1.57 bits per heavy atom. The zero-order valence-corrected chi connectivity index (χ0v) is 13.8. The van der Waals surface area contributed by atoms with Crippen LogP contribution in [0.4, 0.5) is 0 Å². The molecule has 116 valence electrons. The molecule has 2 aliphatic rings. The minimum Gasteiger partial charge on any atom is -0.310 e. The minimum absolute atomic E-state index is 0.598. The molecule has 1 fully saturated rings. The van der Waals surface area contributed by atoms with E-state index in [0.717, 1.165) is 17.8 Å². The first kappa shape index (κ1) is 15.1. The first-order chi connectivity index (χ1) is 10.3. The maximum atomic E-state index is 3.90. The van der Waals surface area contributed by atoms with E-state index in [1.165, 1.54) is 51.5 Å². The van der Waals surface area contributed by atoms with Crippen LogP contribution in [0.15, 0.2) is 24.3 Å². The molecule has 2 atom stereocenters. The van der Waals surface area contributed by atoms with Gasteiger partial charge in [0.05, 0.1) is 0 Å². The minimum atomic E-state index is 0.598. The molecule has 0 aromatic heterocycles. The fraction of sp³-hybridized carbons (Fsp3) is 0.700. The fourth-order valence-corrected chi connectivity index (χ4v) is 4.37. The summed E-state index contributed by atoms with van der Waals surface area (Å²) >= 11 is 0. The highest BCUT2D eigenvalue weighted by Crippen LogP contribution is 2.37. The molecule has 0 bridgehead atoms. The second-order valence-electron chi connectivity index (χ2n) is 7.36. The van der Waals surface area contributed by atoms with Crippen molar-refractivity contribution in [2.75, 3.05) is 6.54 Å². The van der Waals surface area contributed by atoms with Crippen molar-refractivity contribution in [3.63, 3.8) is 0 Å². The molecule has 0 aliphatic heterocycles. The van der Waals surface area contributed by atoms with E-state index in [2.05, 4.69) is 43.4 Å². The number of rotatable bonds is 4. The van der Waals surface area contributed by atoms with Gasteiger partial charge in [-0.15, -0.1) is 0 Å². The molecule has 1 aromatic carbocycles. The Bertz CT molecular complexity index is 445. The van der Waals surface area contributed by atoms with Crippen molar-refractivity contribution >= 4 is 0 Å². The van der Waals surface area contributed by atoms with Crippen molar-refractivity contribution < 1.29 is 0 Å². The van der Waals surface area contributed by atoms with E-state index in [9.17, 15) is 0 Å². The van der Waals surface area contributed by atoms with E-state index in [1.54, 1.807) is 11.1 Å². The summed E-state index contributed by atoms with van der Waals surface area (Å²) in [6.07, 6.45) is 9.82. The molecule has 1 N–H and O–H groups in total. The smallest absolute Gasteiger partial charge is 0.0323 e. The number of hydrogen-bond donors (Lipinski definition) is 1. The molecule has 1 nitrogen and oxygen atoms in total. The Balaban J connectivity index is 1.56. The van der Waals surface area contributed by atoms with Crippen LogP contribution in [0.3, 0.4) is 0 Å². The van der Waals surface area contributed by atoms with E-state index in [4.69, 9.17) is 0 Å². The summed E-state index contributed by atoms with van der Waals surface area (Å²) in [4.78, 5) is 0. The molecule has 21 heavy (non-hydrogen) atoms. The van der Waals surface area contributed by atoms with Crippen LogP contribution >= 0.6 is 0 Å². The molecule has 3 rings (SSSR count). The molecule has 1 heteroatoms. The van der Waals surface area contributed by atoms with Gasteiger partial charge in [0.1, 0.15) is 0 Å². The number of fused-ring (bicyclic) bond motifs is 1. The van der Waals surface area contributed by atoms with Gasteiger partial charge in [-0.2, -0.15) is 0 Å². The van der Waals surface area contributed by atoms with E-state index in [0.29, 0.717) is 6.04 Å². The first-order valence-electron chi connectivity index (χ1n) is 9.10. The summed E-state index contributed by atoms with van der Waals surface area (Å²) in [5.41, 5.74) is 3.15. The lowest BCUT2D eigenvalue weighted by Crippen LogP contribution is -2.32. The van der Waals surface area contributed by atoms with Crippen molar-refractivity contribution in [3.05, 3.63) is 35.4 Å². The third-order valence-corrected chi connectivity index (χ3v) is 5.99. The predicted octanol–water partition coefficient (Wildman–Crippen LogP) is 5.43. The zero-order chi connectivity index (χ0) is 14.7. The van der Waals surface area contributed by atoms with Gasteiger partial charge >= 0.3 is 0 Å². The highest BCUT2D eigenvalue weighted by Gasteiger charge is 2.25. The highest BCUT2D eigenvalue weighted by molar-refractivity contribution is 5.34. The van der Waals surface area contributed by atoms with Gasteiger partial charge in [-0.05, 0) is 61.1 Å². The van der Waals surface area contributed by atoms with Crippen LogP contribution in [0.25, 0.3) is 0 Å². The van der Waals surface area contributed by atoms with Crippen molar-refractivity contribution in [2.45, 2.75) is 70.8 Å². The van der Waals surface area contributed by atoms with Gasteiger partial charge in [0.2, 0.25) is 0 Å². The maximum absolute atomic E-state index is 3.90. The van der Waals surface area contributed by atoms with Crippen LogP contribution < -0.4 is 5.32 Å². The van der Waals surface area contributed by atoms with Crippen LogP contribution in [0.5, 0.6) is 0 Å². The number of hydrogen-bond acceptors (Lipinski definition) is 1. The molecule has 0 heterocycles. The van der Waals surface area contributed by atoms with E-state index < -0.39 is 0 Å². The average molecular weight is 285 g/mol. The molecule has 0 radical (unpaired) electrons. The molecule has 0 amide bonds. The Kier molecular flexibility index (Phi) is 5.00. The molecule has 0 spiro atoms. The SMILES string of the molecule is CCC1CCC(CNC2CCC(C)c3ccccc32)CC1. The van der Waals surface area contributed by atoms with Crippen LogP contribution in [0.1, 0.15) is 81.9 Å². The first-order valence-corrected chi connectivity index (χ1v) is 9.10. The lowest BCUT2D eigenvalue weighted by atomic mass is 9.79. The monoisotopic (exact) mass is 285 g/mol. The summed E-state index contributed by atoms with van der Waals surface area (Å²) in [7, 11) is 0. The quantitative estimate of drug-likeness (QED) is 0.777. The summed E-state index contributed by atoms with van der Waals surface area (Å²) < 4.78 is 0. The molecule has 1 saturated carbocycles. The average Bonchev–Trinajstić information content (AvgIpc) is 2.55. The summed E-state index contributed by atoms with van der Waals surface area (Å²) in [5.74, 6) is 2.66. The third-order valence-electron chi connectivity index (χ3n) is 5.99. The zero-order valence-electron chi connectivity index (χ0n) is 13.8. The third kappa shape index (κ3) is 3.51. The molecule has 2 aliphatic carbocycles. The van der Waals surface area contributed by atoms with Crippen molar-refractivity contribution in [3.8, 4) is 0 Å². The van der Waals surface area contributed by atoms with Crippen molar-refractivity contribution in [1.29, 1.82) is 0 Å². The van der Waals surface area contributed by atoms with Gasteiger partial charge in [0, 0.05) is 6.04 Å². The lowest BCUT2D eigenvalue weighted by Gasteiger charge is -2.33. The number of nitrogens with one attached hydrogen (secondary N) is 1. The van der Waals surface area contributed by atoms with Crippen LogP contribution in [-0.2, 0) is 0 Å². The van der Waals surface area contributed by atoms with Crippen LogP contribution in [0, 0.1) is 11.8 Å². The van der Waals surface area contributed by atoms with Gasteiger partial charge in [-0.1, -0.05) is 57.4 Å². The Hall–Kier alpha value is -0.820. The van der Waals surface area contributed by atoms with E-state index in [1.807, 2.05) is 0 Å². The van der Waals surface area contributed by atoms with Crippen molar-refractivity contribution in [1.82, 2.24) is 5.32 Å². The van der Waals surface area contributed by atoms with Gasteiger partial charge in [0.25, 0.3) is 0 Å². The second kappa shape index (κ2) is 6.96. The summed E-state index contributed by atoms with van der Waals surface area (Å²) in [6.45, 7) is 5.95. The van der Waals surface area contributed by atoms with Gasteiger partial charge in [-0.3, -0.25) is 0 Å². The van der Waals surface area contributed by atoms with Crippen LogP contribution in [-0.4, -0.2) is 6.54 Å². The largest absolute Gasteiger partial charge is 0.310 e. The fourth-order valence-electron chi connectivity index (χ4n) is 4.37. The Labute approximate surface area is 130 Å². The van der Waals surface area contributed by atoms with Gasteiger partial charge in [0.15, 0.2) is 0 Å². The summed E-state index contributed by atoms with van der Waals surface area (Å²) in [5, 5.41) is 3.90. The molecule has 1 aromatic rings. The Morgan fingerprint density at radius 3 is 2.29 bits per heavy atom. The number of benzene rings is 1. The Morgan fingerprint density at radius 1 is 0.905 bits per heavy atom. The molecule has 0 saturated heterocycles. The lowest BCUT2D eigenvalue weighted by molar-refractivity contribution is 0.253. The van der Waals surface area contributed by atoms with Crippen molar-refractivity contribution in [2.24, 2.45) is 11.8 Å². The topological polar surface area (TPSA) is 12.0 Å². The normalized spacial score (nSPS) is 32.7. The molecular weight excluding hydrogens is 254 g/mol. The van der Waals surface area contributed by atoms with Gasteiger partial charge < -0.3 is 5.32 Å². The van der Waals surface area contributed by atoms with E-state index in [-0.39, 0.29) is 0 Å². The highest BCUT2D eigenvalue weighted by atomic mass is 14.9. The predicted molar refractivity (Wildman–Crippen MR) is 90.6 cm³/mol. The summed E-state index contributed by atoms with van der Waals surface area (Å²) in [6, 6.07) is 9.68. The molecular formula is C20H31N. The van der Waals surface area contributed by atoms with Crippen LogP contribution in [0.2, 0.25) is 0 Å². The molecule has 2 unspecified atom stereocenters. The van der Waals surface area contributed by atoms with E-state index >= 15 is 0 Å². The van der Waals surface area contributed by atoms with Gasteiger partial charge in [-0.25, -0.2) is 0 Å². The standard InChI is InChI=1S/C20H31N/c1-3-16-9-11-17(12-10-16)14-21-20-13-8-15(2)18-6-4-5-7-19(18)20/h4-7,15-17,20-21H,3,8-14H2,1-2H3. The maximum Gasteiger partial charge on any atom is 0.0323 e.